The molecule has 6 nitrogen and oxygen atoms in total. The van der Waals surface area contributed by atoms with Gasteiger partial charge >= 0.3 is 5.97 Å². The molecule has 6 heteroatoms. The summed E-state index contributed by atoms with van der Waals surface area (Å²) in [5.74, 6) is -1.03. The van der Waals surface area contributed by atoms with Gasteiger partial charge in [0.1, 0.15) is 5.84 Å². The van der Waals surface area contributed by atoms with Crippen molar-refractivity contribution in [2.45, 2.75) is 19.3 Å². The van der Waals surface area contributed by atoms with Gasteiger partial charge < -0.3 is 16.2 Å². The fourth-order valence-corrected chi connectivity index (χ4v) is 2.40. The summed E-state index contributed by atoms with van der Waals surface area (Å²) in [6.45, 7) is 0.546. The van der Waals surface area contributed by atoms with Gasteiger partial charge in [0.25, 0.3) is 5.91 Å². The summed E-state index contributed by atoms with van der Waals surface area (Å²) in [5, 5.41) is 18.9. The molecule has 0 aliphatic heterocycles. The summed E-state index contributed by atoms with van der Waals surface area (Å²) in [4.78, 5) is 22.7. The molecule has 0 atom stereocenters. The van der Waals surface area contributed by atoms with Crippen LogP contribution in [0.4, 0.5) is 0 Å². The van der Waals surface area contributed by atoms with Crippen LogP contribution in [-0.4, -0.2) is 29.4 Å². The minimum Gasteiger partial charge on any atom is -0.481 e. The second kappa shape index (κ2) is 8.63. The van der Waals surface area contributed by atoms with Crippen LogP contribution in [0.25, 0.3) is 0 Å². The van der Waals surface area contributed by atoms with Crippen LogP contribution in [0.5, 0.6) is 0 Å². The van der Waals surface area contributed by atoms with E-state index in [1.807, 2.05) is 24.3 Å². The van der Waals surface area contributed by atoms with E-state index in [2.05, 4.69) is 5.32 Å². The van der Waals surface area contributed by atoms with Gasteiger partial charge in [0.05, 0.1) is 6.42 Å². The number of nitrogen functional groups attached to an aromatic ring is 1. The van der Waals surface area contributed by atoms with Crippen molar-refractivity contribution in [3.63, 3.8) is 0 Å². The highest BCUT2D eigenvalue weighted by Gasteiger charge is 2.06. The number of benzene rings is 2. The fraction of sp³-hybridized carbons (Fsp3) is 0.211. The van der Waals surface area contributed by atoms with Crippen LogP contribution >= 0.6 is 0 Å². The van der Waals surface area contributed by atoms with Crippen molar-refractivity contribution in [3.8, 4) is 0 Å². The molecule has 25 heavy (non-hydrogen) atoms. The molecule has 2 rings (SSSR count). The standard InChI is InChI=1S/C19H21N3O3/c20-18(21)15-7-9-16(10-8-15)19(25)22-11-1-2-13-3-5-14(6-4-13)12-17(23)24/h3-10H,1-2,11-12H2,(H3,20,21)(H,22,25)(H,23,24). The molecule has 0 saturated carbocycles. The Labute approximate surface area is 146 Å². The van der Waals surface area contributed by atoms with Crippen molar-refractivity contribution in [1.29, 1.82) is 5.41 Å². The number of nitrogens with two attached hydrogens (primary N) is 1. The first-order valence-corrected chi connectivity index (χ1v) is 7.98. The van der Waals surface area contributed by atoms with E-state index in [-0.39, 0.29) is 18.2 Å². The highest BCUT2D eigenvalue weighted by molar-refractivity contribution is 5.98. The van der Waals surface area contributed by atoms with Crippen LogP contribution in [0.1, 0.15) is 33.5 Å². The lowest BCUT2D eigenvalue weighted by Gasteiger charge is -2.07. The van der Waals surface area contributed by atoms with Gasteiger partial charge in [0, 0.05) is 17.7 Å². The summed E-state index contributed by atoms with van der Waals surface area (Å²) in [7, 11) is 0. The SMILES string of the molecule is N=C(N)c1ccc(C(=O)NCCCc2ccc(CC(=O)O)cc2)cc1. The summed E-state index contributed by atoms with van der Waals surface area (Å²) in [6.07, 6.45) is 1.62. The van der Waals surface area contributed by atoms with Gasteiger partial charge in [0.2, 0.25) is 0 Å². The molecule has 5 N–H and O–H groups in total. The Morgan fingerprint density at radius 3 is 2.08 bits per heavy atom. The van der Waals surface area contributed by atoms with E-state index >= 15 is 0 Å². The Hall–Kier alpha value is -3.15. The molecule has 0 aliphatic rings. The van der Waals surface area contributed by atoms with Crippen molar-refractivity contribution in [2.75, 3.05) is 6.54 Å². The molecule has 130 valence electrons. The first kappa shape index (κ1) is 18.2. The number of nitrogens with one attached hydrogen (secondary N) is 2. The lowest BCUT2D eigenvalue weighted by atomic mass is 10.1. The first-order valence-electron chi connectivity index (χ1n) is 7.98. The third-order valence-electron chi connectivity index (χ3n) is 3.76. The monoisotopic (exact) mass is 339 g/mol. The Morgan fingerprint density at radius 2 is 1.52 bits per heavy atom. The molecule has 0 aliphatic carbocycles. The van der Waals surface area contributed by atoms with Crippen LogP contribution in [0.3, 0.4) is 0 Å². The van der Waals surface area contributed by atoms with Crippen molar-refractivity contribution >= 4 is 17.7 Å². The van der Waals surface area contributed by atoms with E-state index in [1.54, 1.807) is 24.3 Å². The zero-order chi connectivity index (χ0) is 18.2. The number of carboxylic acid groups (broad SMARTS) is 1. The molecular weight excluding hydrogens is 318 g/mol. The van der Waals surface area contributed by atoms with Crippen molar-refractivity contribution in [2.24, 2.45) is 5.73 Å². The average Bonchev–Trinajstić information content (AvgIpc) is 2.59. The quantitative estimate of drug-likeness (QED) is 0.334. The third-order valence-corrected chi connectivity index (χ3v) is 3.76. The number of hydrogen-bond donors (Lipinski definition) is 4. The second-order valence-electron chi connectivity index (χ2n) is 5.74. The molecule has 1 amide bonds. The van der Waals surface area contributed by atoms with Crippen molar-refractivity contribution < 1.29 is 14.7 Å². The first-order chi connectivity index (χ1) is 12.0. The summed E-state index contributed by atoms with van der Waals surface area (Å²) in [6, 6.07) is 14.1. The molecule has 2 aromatic carbocycles. The largest absolute Gasteiger partial charge is 0.481 e. The smallest absolute Gasteiger partial charge is 0.307 e. The maximum atomic E-state index is 12.0. The zero-order valence-corrected chi connectivity index (χ0v) is 13.8. The third kappa shape index (κ3) is 5.76. The Bertz CT molecular complexity index is 752. The van der Waals surface area contributed by atoms with Gasteiger partial charge in [-0.1, -0.05) is 36.4 Å². The van der Waals surface area contributed by atoms with Gasteiger partial charge in [-0.2, -0.15) is 0 Å². The lowest BCUT2D eigenvalue weighted by Crippen LogP contribution is -2.24. The lowest BCUT2D eigenvalue weighted by molar-refractivity contribution is -0.136. The molecule has 0 aromatic heterocycles. The van der Waals surface area contributed by atoms with E-state index in [0.29, 0.717) is 17.7 Å². The van der Waals surface area contributed by atoms with Crippen LogP contribution in [0.2, 0.25) is 0 Å². The van der Waals surface area contributed by atoms with E-state index in [9.17, 15) is 9.59 Å². The van der Waals surface area contributed by atoms with Crippen molar-refractivity contribution in [3.05, 3.63) is 70.8 Å². The van der Waals surface area contributed by atoms with Crippen LogP contribution < -0.4 is 11.1 Å². The summed E-state index contributed by atoms with van der Waals surface area (Å²) >= 11 is 0. The van der Waals surface area contributed by atoms with Gasteiger partial charge in [-0.05, 0) is 36.1 Å². The van der Waals surface area contributed by atoms with E-state index in [4.69, 9.17) is 16.2 Å². The Balaban J connectivity index is 1.75. The predicted molar refractivity (Wildman–Crippen MR) is 95.9 cm³/mol. The summed E-state index contributed by atoms with van der Waals surface area (Å²) in [5.41, 5.74) is 8.38. The number of hydrogen-bond acceptors (Lipinski definition) is 3. The minimum atomic E-state index is -0.841. The van der Waals surface area contributed by atoms with Crippen LogP contribution in [0.15, 0.2) is 48.5 Å². The molecule has 0 saturated heterocycles. The number of amidine groups is 1. The van der Waals surface area contributed by atoms with Gasteiger partial charge in [-0.3, -0.25) is 15.0 Å². The zero-order valence-electron chi connectivity index (χ0n) is 13.8. The number of carbonyl (C=O) groups is 2. The summed E-state index contributed by atoms with van der Waals surface area (Å²) < 4.78 is 0. The second-order valence-corrected chi connectivity index (χ2v) is 5.74. The minimum absolute atomic E-state index is 0.0265. The van der Waals surface area contributed by atoms with Crippen molar-refractivity contribution in [1.82, 2.24) is 5.32 Å². The Kier molecular flexibility index (Phi) is 6.28. The maximum absolute atomic E-state index is 12.0. The van der Waals surface area contributed by atoms with E-state index in [0.717, 1.165) is 24.0 Å². The molecule has 0 heterocycles. The molecule has 0 bridgehead atoms. The topological polar surface area (TPSA) is 116 Å². The average molecular weight is 339 g/mol. The highest BCUT2D eigenvalue weighted by atomic mass is 16.4. The Morgan fingerprint density at radius 1 is 0.960 bits per heavy atom. The molecule has 0 radical (unpaired) electrons. The molecule has 0 unspecified atom stereocenters. The van der Waals surface area contributed by atoms with Gasteiger partial charge in [-0.25, -0.2) is 0 Å². The normalized spacial score (nSPS) is 10.2. The highest BCUT2D eigenvalue weighted by Crippen LogP contribution is 2.08. The number of carbonyl (C=O) groups excluding carboxylic acids is 1. The fourth-order valence-electron chi connectivity index (χ4n) is 2.40. The molecule has 0 spiro atoms. The number of carboxylic acids is 1. The molecule has 2 aromatic rings. The number of amides is 1. The van der Waals surface area contributed by atoms with E-state index < -0.39 is 5.97 Å². The maximum Gasteiger partial charge on any atom is 0.307 e. The number of rotatable bonds is 8. The van der Waals surface area contributed by atoms with Crippen LogP contribution in [0, 0.1) is 5.41 Å². The van der Waals surface area contributed by atoms with Crippen LogP contribution in [-0.2, 0) is 17.6 Å². The van der Waals surface area contributed by atoms with Gasteiger partial charge in [-0.15, -0.1) is 0 Å². The number of aliphatic carboxylic acids is 1. The van der Waals surface area contributed by atoms with E-state index in [1.165, 1.54) is 0 Å². The molecule has 0 fully saturated rings. The molecular formula is C19H21N3O3. The van der Waals surface area contributed by atoms with Gasteiger partial charge in [0.15, 0.2) is 0 Å². The predicted octanol–water partition coefficient (Wildman–Crippen LogP) is 1.96. The number of aryl methyl sites for hydroxylation is 1.